The third-order valence-electron chi connectivity index (χ3n) is 1.79. The van der Waals surface area contributed by atoms with Crippen molar-refractivity contribution in [1.82, 2.24) is 4.90 Å². The first-order valence-corrected chi connectivity index (χ1v) is 3.25. The first kappa shape index (κ1) is 13.3. The summed E-state index contributed by atoms with van der Waals surface area (Å²) in [6.07, 6.45) is 0.181. The fraction of sp³-hybridized carbons (Fsp3) is 0.857. The smallest absolute Gasteiger partial charge is 0.305 e. The van der Waals surface area contributed by atoms with Gasteiger partial charge < -0.3 is 10.0 Å². The number of nitrogens with zero attached hydrogens (tertiary/aromatic N) is 1. The molecule has 4 heteroatoms. The van der Waals surface area contributed by atoms with E-state index >= 15 is 0 Å². The van der Waals surface area contributed by atoms with E-state index in [2.05, 4.69) is 0 Å². The van der Waals surface area contributed by atoms with Gasteiger partial charge >= 0.3 is 5.97 Å². The van der Waals surface area contributed by atoms with E-state index in [9.17, 15) is 4.79 Å². The third kappa shape index (κ3) is 5.04. The van der Waals surface area contributed by atoms with Crippen LogP contribution in [0.2, 0.25) is 0 Å². The van der Waals surface area contributed by atoms with Crippen LogP contribution in [0.5, 0.6) is 0 Å². The third-order valence-corrected chi connectivity index (χ3v) is 1.79. The van der Waals surface area contributed by atoms with Gasteiger partial charge in [0.15, 0.2) is 0 Å². The van der Waals surface area contributed by atoms with Gasteiger partial charge in [-0.3, -0.25) is 4.79 Å². The molecule has 3 nitrogen and oxygen atoms in total. The summed E-state index contributed by atoms with van der Waals surface area (Å²) in [6.45, 7) is 3.81. The number of carboxylic acid groups (broad SMARTS) is 1. The number of carboxylic acids is 1. The van der Waals surface area contributed by atoms with E-state index in [0.717, 1.165) is 0 Å². The SMILES string of the molecule is CN(C)C(C)(C)CC(=O)O.Cl. The molecule has 0 bridgehead atoms. The second-order valence-corrected chi connectivity index (χ2v) is 3.28. The lowest BCUT2D eigenvalue weighted by atomic mass is 10.00. The molecule has 0 unspecified atom stereocenters. The number of halogens is 1. The van der Waals surface area contributed by atoms with Crippen LogP contribution in [-0.4, -0.2) is 35.6 Å². The molecule has 0 rings (SSSR count). The standard InChI is InChI=1S/C7H15NO2.ClH/c1-7(2,8(3)4)5-6(9)10;/h5H2,1-4H3,(H,9,10);1H. The number of hydrogen-bond acceptors (Lipinski definition) is 2. The van der Waals surface area contributed by atoms with Gasteiger partial charge in [0.2, 0.25) is 0 Å². The molecule has 0 aromatic heterocycles. The van der Waals surface area contributed by atoms with Crippen LogP contribution in [0.3, 0.4) is 0 Å². The minimum Gasteiger partial charge on any atom is -0.481 e. The summed E-state index contributed by atoms with van der Waals surface area (Å²) < 4.78 is 0. The van der Waals surface area contributed by atoms with Crippen LogP contribution in [0.15, 0.2) is 0 Å². The van der Waals surface area contributed by atoms with E-state index in [4.69, 9.17) is 5.11 Å². The van der Waals surface area contributed by atoms with Gasteiger partial charge in [-0.1, -0.05) is 0 Å². The molecule has 0 aliphatic rings. The predicted octanol–water partition coefficient (Wildman–Crippen LogP) is 1.22. The molecule has 0 amide bonds. The summed E-state index contributed by atoms with van der Waals surface area (Å²) in [5.41, 5.74) is -0.244. The van der Waals surface area contributed by atoms with Crippen LogP contribution in [-0.2, 0) is 4.79 Å². The van der Waals surface area contributed by atoms with Crippen molar-refractivity contribution in [2.24, 2.45) is 0 Å². The molecule has 0 heterocycles. The Kier molecular flexibility index (Phi) is 5.53. The molecular formula is C7H16ClNO2. The van der Waals surface area contributed by atoms with Crippen molar-refractivity contribution in [2.45, 2.75) is 25.8 Å². The molecule has 11 heavy (non-hydrogen) atoms. The highest BCUT2D eigenvalue weighted by molar-refractivity contribution is 5.85. The summed E-state index contributed by atoms with van der Waals surface area (Å²) in [6, 6.07) is 0. The van der Waals surface area contributed by atoms with E-state index < -0.39 is 5.97 Å². The Bertz CT molecular complexity index is 134. The Morgan fingerprint density at radius 1 is 1.45 bits per heavy atom. The minimum atomic E-state index is -0.751. The zero-order valence-electron chi connectivity index (χ0n) is 7.42. The predicted molar refractivity (Wildman–Crippen MR) is 47.3 cm³/mol. The Morgan fingerprint density at radius 3 is 1.91 bits per heavy atom. The Balaban J connectivity index is 0. The van der Waals surface area contributed by atoms with Gasteiger partial charge in [-0.05, 0) is 27.9 Å². The van der Waals surface area contributed by atoms with Gasteiger partial charge in [0.1, 0.15) is 0 Å². The van der Waals surface area contributed by atoms with E-state index in [0.29, 0.717) is 0 Å². The first-order valence-electron chi connectivity index (χ1n) is 3.25. The van der Waals surface area contributed by atoms with Crippen molar-refractivity contribution in [2.75, 3.05) is 14.1 Å². The number of aliphatic carboxylic acids is 1. The van der Waals surface area contributed by atoms with E-state index in [1.165, 1.54) is 0 Å². The fourth-order valence-electron chi connectivity index (χ4n) is 0.528. The van der Waals surface area contributed by atoms with Crippen molar-refractivity contribution >= 4 is 18.4 Å². The number of carbonyl (C=O) groups is 1. The van der Waals surface area contributed by atoms with Gasteiger partial charge in [0.25, 0.3) is 0 Å². The van der Waals surface area contributed by atoms with Crippen LogP contribution in [0, 0.1) is 0 Å². The molecule has 0 aliphatic carbocycles. The Labute approximate surface area is 73.8 Å². The molecule has 0 fully saturated rings. The molecule has 0 aliphatic heterocycles. The van der Waals surface area contributed by atoms with Gasteiger partial charge in [-0.25, -0.2) is 0 Å². The van der Waals surface area contributed by atoms with Crippen molar-refractivity contribution < 1.29 is 9.90 Å². The second-order valence-electron chi connectivity index (χ2n) is 3.28. The van der Waals surface area contributed by atoms with Gasteiger partial charge in [0, 0.05) is 5.54 Å². The van der Waals surface area contributed by atoms with Crippen LogP contribution >= 0.6 is 12.4 Å². The average Bonchev–Trinajstić information content (AvgIpc) is 1.60. The lowest BCUT2D eigenvalue weighted by molar-refractivity contribution is -0.139. The maximum atomic E-state index is 10.3. The first-order chi connectivity index (χ1) is 4.36. The Morgan fingerprint density at radius 2 is 1.82 bits per heavy atom. The largest absolute Gasteiger partial charge is 0.481 e. The van der Waals surface area contributed by atoms with Crippen LogP contribution in [0.1, 0.15) is 20.3 Å². The fourth-order valence-corrected chi connectivity index (χ4v) is 0.528. The van der Waals surface area contributed by atoms with E-state index in [1.54, 1.807) is 0 Å². The summed E-state index contributed by atoms with van der Waals surface area (Å²) in [5.74, 6) is -0.751. The normalized spacial score (nSPS) is 11.0. The highest BCUT2D eigenvalue weighted by Crippen LogP contribution is 2.14. The maximum Gasteiger partial charge on any atom is 0.305 e. The molecular weight excluding hydrogens is 166 g/mol. The molecule has 0 aromatic carbocycles. The van der Waals surface area contributed by atoms with E-state index in [1.807, 2.05) is 32.8 Å². The van der Waals surface area contributed by atoms with Crippen molar-refractivity contribution in [3.63, 3.8) is 0 Å². The number of hydrogen-bond donors (Lipinski definition) is 1. The maximum absolute atomic E-state index is 10.3. The Hall–Kier alpha value is -0.280. The zero-order valence-corrected chi connectivity index (χ0v) is 8.23. The van der Waals surface area contributed by atoms with Crippen molar-refractivity contribution in [1.29, 1.82) is 0 Å². The van der Waals surface area contributed by atoms with Crippen LogP contribution in [0.4, 0.5) is 0 Å². The van der Waals surface area contributed by atoms with Crippen LogP contribution < -0.4 is 0 Å². The summed E-state index contributed by atoms with van der Waals surface area (Å²) >= 11 is 0. The molecule has 0 aromatic rings. The summed E-state index contributed by atoms with van der Waals surface area (Å²) in [7, 11) is 3.76. The van der Waals surface area contributed by atoms with Crippen molar-refractivity contribution in [3.05, 3.63) is 0 Å². The highest BCUT2D eigenvalue weighted by Gasteiger charge is 2.23. The second kappa shape index (κ2) is 4.57. The molecule has 0 radical (unpaired) electrons. The lowest BCUT2D eigenvalue weighted by Crippen LogP contribution is -2.39. The quantitative estimate of drug-likeness (QED) is 0.712. The molecule has 1 N–H and O–H groups in total. The monoisotopic (exact) mass is 181 g/mol. The molecule has 0 saturated heterocycles. The van der Waals surface area contributed by atoms with Gasteiger partial charge in [0.05, 0.1) is 6.42 Å². The summed E-state index contributed by atoms with van der Waals surface area (Å²) in [5, 5.41) is 8.47. The molecule has 68 valence electrons. The zero-order chi connectivity index (χ0) is 8.36. The number of rotatable bonds is 3. The minimum absolute atomic E-state index is 0. The average molecular weight is 182 g/mol. The van der Waals surface area contributed by atoms with Crippen molar-refractivity contribution in [3.8, 4) is 0 Å². The molecule has 0 spiro atoms. The highest BCUT2D eigenvalue weighted by atomic mass is 35.5. The summed E-state index contributed by atoms with van der Waals surface area (Å²) in [4.78, 5) is 12.2. The molecule has 0 atom stereocenters. The van der Waals surface area contributed by atoms with Gasteiger partial charge in [-0.2, -0.15) is 0 Å². The molecule has 0 saturated carbocycles. The topological polar surface area (TPSA) is 40.5 Å². The lowest BCUT2D eigenvalue weighted by Gasteiger charge is -2.30. The van der Waals surface area contributed by atoms with E-state index in [-0.39, 0.29) is 24.4 Å². The van der Waals surface area contributed by atoms with Crippen LogP contribution in [0.25, 0.3) is 0 Å². The van der Waals surface area contributed by atoms with Gasteiger partial charge in [-0.15, -0.1) is 12.4 Å².